The minimum atomic E-state index is -0.564. The second-order valence-electron chi connectivity index (χ2n) is 9.69. The normalized spacial score (nSPS) is 14.1. The van der Waals surface area contributed by atoms with Crippen molar-refractivity contribution in [2.45, 2.75) is 58.8 Å². The fourth-order valence-corrected chi connectivity index (χ4v) is 4.45. The van der Waals surface area contributed by atoms with Gasteiger partial charge in [-0.2, -0.15) is 0 Å². The molecule has 7 heteroatoms. The average molecular weight is 509 g/mol. The highest BCUT2D eigenvalue weighted by Crippen LogP contribution is 2.50. The Balaban J connectivity index is 1.83. The molecular weight excluding hydrogens is 471 g/mol. The predicted octanol–water partition coefficient (Wildman–Crippen LogP) is 5.65. The van der Waals surface area contributed by atoms with Crippen molar-refractivity contribution < 1.29 is 23.5 Å². The number of esters is 1. The van der Waals surface area contributed by atoms with E-state index in [1.54, 1.807) is 20.1 Å². The number of rotatable bonds is 12. The highest BCUT2D eigenvalue weighted by molar-refractivity contribution is 5.98. The topological polar surface area (TPSA) is 68.2 Å². The molecule has 1 saturated carbocycles. The van der Waals surface area contributed by atoms with Gasteiger partial charge >= 0.3 is 5.97 Å². The van der Waals surface area contributed by atoms with Crippen molar-refractivity contribution in [1.82, 2.24) is 4.90 Å². The Kier molecular flexibility index (Phi) is 9.61. The number of amides is 1. The SMILES string of the molecule is CCOC(=O)C(N=C(C)CN(CCCc1cccc(F)c1)C(=O)C1(c2ccc(OC)cc2)CC1)=C(C)C. The van der Waals surface area contributed by atoms with Gasteiger partial charge < -0.3 is 14.4 Å². The van der Waals surface area contributed by atoms with Crippen LogP contribution >= 0.6 is 0 Å². The molecule has 0 aromatic heterocycles. The summed E-state index contributed by atoms with van der Waals surface area (Å²) in [4.78, 5) is 32.7. The quantitative estimate of drug-likeness (QED) is 0.211. The van der Waals surface area contributed by atoms with Crippen LogP contribution in [0, 0.1) is 5.82 Å². The maximum atomic E-state index is 13.9. The van der Waals surface area contributed by atoms with E-state index in [0.717, 1.165) is 35.3 Å². The number of aryl methyl sites for hydroxylation is 1. The van der Waals surface area contributed by atoms with Crippen molar-refractivity contribution in [2.24, 2.45) is 4.99 Å². The Hall–Kier alpha value is -3.48. The molecule has 2 aromatic carbocycles. The lowest BCUT2D eigenvalue weighted by Gasteiger charge is -2.28. The number of hydrogen-bond acceptors (Lipinski definition) is 5. The molecular formula is C30H37FN2O4. The van der Waals surface area contributed by atoms with E-state index in [-0.39, 0.29) is 30.6 Å². The molecule has 198 valence electrons. The lowest BCUT2D eigenvalue weighted by molar-refractivity contribution is -0.138. The van der Waals surface area contributed by atoms with Crippen molar-refractivity contribution >= 4 is 17.6 Å². The van der Waals surface area contributed by atoms with Gasteiger partial charge in [0.2, 0.25) is 5.91 Å². The number of carbonyl (C=O) groups excluding carboxylic acids is 2. The smallest absolute Gasteiger partial charge is 0.356 e. The van der Waals surface area contributed by atoms with Gasteiger partial charge in [0.05, 0.1) is 25.7 Å². The van der Waals surface area contributed by atoms with Crippen LogP contribution in [0.5, 0.6) is 5.75 Å². The van der Waals surface area contributed by atoms with E-state index in [0.29, 0.717) is 25.1 Å². The lowest BCUT2D eigenvalue weighted by Crippen LogP contribution is -2.42. The number of benzene rings is 2. The summed E-state index contributed by atoms with van der Waals surface area (Å²) < 4.78 is 24.1. The van der Waals surface area contributed by atoms with Gasteiger partial charge in [0.1, 0.15) is 17.3 Å². The van der Waals surface area contributed by atoms with Crippen LogP contribution < -0.4 is 4.74 Å². The fourth-order valence-electron chi connectivity index (χ4n) is 4.45. The standard InChI is InChI=1S/C30H37FN2O4/c1-6-37-28(34)27(21(2)3)32-22(4)20-33(18-8-10-23-9-7-11-25(31)19-23)29(35)30(16-17-30)24-12-14-26(36-5)15-13-24/h7,9,11-15,19H,6,8,10,16-18,20H2,1-5H3. The molecule has 1 amide bonds. The first-order chi connectivity index (χ1) is 17.7. The number of methoxy groups -OCH3 is 1. The van der Waals surface area contributed by atoms with Crippen LogP contribution in [0.4, 0.5) is 4.39 Å². The second-order valence-corrected chi connectivity index (χ2v) is 9.69. The zero-order valence-corrected chi connectivity index (χ0v) is 22.5. The molecule has 0 saturated heterocycles. The van der Waals surface area contributed by atoms with E-state index in [9.17, 15) is 14.0 Å². The van der Waals surface area contributed by atoms with E-state index in [4.69, 9.17) is 9.47 Å². The Morgan fingerprint density at radius 3 is 2.35 bits per heavy atom. The highest BCUT2D eigenvalue weighted by atomic mass is 19.1. The minimum Gasteiger partial charge on any atom is -0.497 e. The van der Waals surface area contributed by atoms with Gasteiger partial charge in [-0.05, 0) is 94.3 Å². The first-order valence-electron chi connectivity index (χ1n) is 12.8. The lowest BCUT2D eigenvalue weighted by atomic mass is 9.93. The molecule has 1 aliphatic rings. The molecule has 0 radical (unpaired) electrons. The third-order valence-electron chi connectivity index (χ3n) is 6.54. The minimum absolute atomic E-state index is 0.0429. The van der Waals surface area contributed by atoms with Crippen molar-refractivity contribution in [1.29, 1.82) is 0 Å². The summed E-state index contributed by atoms with van der Waals surface area (Å²) in [6.45, 7) is 8.24. The van der Waals surface area contributed by atoms with Crippen LogP contribution in [0.25, 0.3) is 0 Å². The fraction of sp³-hybridized carbons (Fsp3) is 0.433. The van der Waals surface area contributed by atoms with Gasteiger partial charge in [0.15, 0.2) is 0 Å². The predicted molar refractivity (Wildman–Crippen MR) is 143 cm³/mol. The van der Waals surface area contributed by atoms with Gasteiger partial charge in [0.25, 0.3) is 0 Å². The molecule has 0 N–H and O–H groups in total. The molecule has 0 bridgehead atoms. The number of allylic oxidation sites excluding steroid dienone is 1. The molecule has 37 heavy (non-hydrogen) atoms. The van der Waals surface area contributed by atoms with Gasteiger partial charge in [-0.25, -0.2) is 14.2 Å². The zero-order valence-electron chi connectivity index (χ0n) is 22.5. The number of ether oxygens (including phenoxy) is 2. The first-order valence-corrected chi connectivity index (χ1v) is 12.8. The summed E-state index contributed by atoms with van der Waals surface area (Å²) in [5, 5.41) is 0. The molecule has 0 heterocycles. The molecule has 1 fully saturated rings. The number of aliphatic imine (C=N–C) groups is 1. The maximum Gasteiger partial charge on any atom is 0.356 e. The van der Waals surface area contributed by atoms with Crippen LogP contribution in [-0.2, 0) is 26.2 Å². The van der Waals surface area contributed by atoms with Gasteiger partial charge in [-0.3, -0.25) is 4.79 Å². The summed E-state index contributed by atoms with van der Waals surface area (Å²) in [7, 11) is 1.62. The molecule has 2 aromatic rings. The van der Waals surface area contributed by atoms with Crippen LogP contribution in [-0.4, -0.2) is 49.3 Å². The molecule has 0 unspecified atom stereocenters. The monoisotopic (exact) mass is 508 g/mol. The Morgan fingerprint density at radius 2 is 1.78 bits per heavy atom. The van der Waals surface area contributed by atoms with E-state index in [2.05, 4.69) is 4.99 Å². The van der Waals surface area contributed by atoms with Crippen LogP contribution in [0.2, 0.25) is 0 Å². The Bertz CT molecular complexity index is 1160. The molecule has 0 spiro atoms. The number of halogens is 1. The van der Waals surface area contributed by atoms with Crippen LogP contribution in [0.15, 0.2) is 64.8 Å². The Labute approximate surface area is 219 Å². The summed E-state index contributed by atoms with van der Waals surface area (Å²) in [5.41, 5.74) is 2.96. The van der Waals surface area contributed by atoms with Crippen LogP contribution in [0.3, 0.4) is 0 Å². The summed E-state index contributed by atoms with van der Waals surface area (Å²) in [5.74, 6) is 0.0530. The van der Waals surface area contributed by atoms with E-state index >= 15 is 0 Å². The largest absolute Gasteiger partial charge is 0.497 e. The third kappa shape index (κ3) is 7.28. The van der Waals surface area contributed by atoms with E-state index in [1.807, 2.05) is 56.0 Å². The molecule has 6 nitrogen and oxygen atoms in total. The molecule has 0 atom stereocenters. The summed E-state index contributed by atoms with van der Waals surface area (Å²) >= 11 is 0. The van der Waals surface area contributed by atoms with Crippen molar-refractivity contribution in [3.05, 3.63) is 76.7 Å². The van der Waals surface area contributed by atoms with Crippen molar-refractivity contribution in [3.8, 4) is 5.75 Å². The average Bonchev–Trinajstić information content (AvgIpc) is 3.68. The number of nitrogens with zero attached hydrogens (tertiary/aromatic N) is 2. The Morgan fingerprint density at radius 1 is 1.08 bits per heavy atom. The summed E-state index contributed by atoms with van der Waals surface area (Å²) in [6.07, 6.45) is 2.87. The summed E-state index contributed by atoms with van der Waals surface area (Å²) in [6, 6.07) is 14.2. The van der Waals surface area contributed by atoms with Gasteiger partial charge in [-0.15, -0.1) is 0 Å². The van der Waals surface area contributed by atoms with Crippen molar-refractivity contribution in [2.75, 3.05) is 26.8 Å². The van der Waals surface area contributed by atoms with Gasteiger partial charge in [-0.1, -0.05) is 24.3 Å². The molecule has 1 aliphatic carbocycles. The van der Waals surface area contributed by atoms with E-state index in [1.165, 1.54) is 12.1 Å². The third-order valence-corrected chi connectivity index (χ3v) is 6.54. The highest BCUT2D eigenvalue weighted by Gasteiger charge is 2.52. The van der Waals surface area contributed by atoms with Gasteiger partial charge in [0, 0.05) is 12.3 Å². The molecule has 0 aliphatic heterocycles. The van der Waals surface area contributed by atoms with Crippen LogP contribution in [0.1, 0.15) is 58.1 Å². The number of hydrogen-bond donors (Lipinski definition) is 0. The maximum absolute atomic E-state index is 13.9. The second kappa shape index (κ2) is 12.7. The zero-order chi connectivity index (χ0) is 27.0. The first kappa shape index (κ1) is 28.1. The molecule has 3 rings (SSSR count). The van der Waals surface area contributed by atoms with Crippen molar-refractivity contribution in [3.63, 3.8) is 0 Å². The van der Waals surface area contributed by atoms with E-state index < -0.39 is 11.4 Å². The number of carbonyl (C=O) groups is 2.